The lowest BCUT2D eigenvalue weighted by Gasteiger charge is -2.24. The topological polar surface area (TPSA) is 99.6 Å². The Morgan fingerprint density at radius 2 is 1.73 bits per heavy atom. The summed E-state index contributed by atoms with van der Waals surface area (Å²) in [5, 5.41) is 1.95. The Bertz CT molecular complexity index is 2370. The predicted molar refractivity (Wildman–Crippen MR) is 181 cm³/mol. The van der Waals surface area contributed by atoms with Gasteiger partial charge in [0.05, 0.1) is 28.1 Å². The minimum absolute atomic E-state index is 0.121. The number of hydrogen-bond acceptors (Lipinski definition) is 10. The number of thiophene rings is 1. The monoisotopic (exact) mass is 716 g/mol. The number of ether oxygens (including phenoxy) is 1. The average Bonchev–Trinajstić information content (AvgIpc) is 3.86. The van der Waals surface area contributed by atoms with Crippen molar-refractivity contribution in [3.05, 3.63) is 144 Å². The number of esters is 1. The number of fused-ring (bicyclic) bond motifs is 1. The number of rotatable bonds is 8. The summed E-state index contributed by atoms with van der Waals surface area (Å²) in [6, 6.07) is 24.7. The minimum Gasteiger partial charge on any atom is -0.463 e. The highest BCUT2D eigenvalue weighted by molar-refractivity contribution is 7.99. The molecule has 1 atom stereocenters. The van der Waals surface area contributed by atoms with Gasteiger partial charge in [0, 0.05) is 22.1 Å². The number of hydrogen-bond donors (Lipinski definition) is 0. The van der Waals surface area contributed by atoms with Crippen LogP contribution < -0.4 is 14.9 Å². The molecule has 7 rings (SSSR count). The molecule has 0 spiro atoms. The first-order valence-electron chi connectivity index (χ1n) is 14.8. The maximum absolute atomic E-state index is 14.0. The lowest BCUT2D eigenvalue weighted by Crippen LogP contribution is -2.39. The second-order valence-corrected chi connectivity index (χ2v) is 13.5. The van der Waals surface area contributed by atoms with E-state index in [1.165, 1.54) is 22.0 Å². The molecule has 49 heavy (non-hydrogen) atoms. The van der Waals surface area contributed by atoms with Crippen molar-refractivity contribution in [2.24, 2.45) is 4.99 Å². The highest BCUT2D eigenvalue weighted by Crippen LogP contribution is 2.37. The van der Waals surface area contributed by atoms with E-state index in [0.717, 1.165) is 34.0 Å². The molecule has 246 valence electrons. The molecule has 0 amide bonds. The maximum Gasteiger partial charge on any atom is 0.433 e. The third kappa shape index (κ3) is 6.67. The molecule has 0 aliphatic carbocycles. The predicted octanol–water partition coefficient (Wildman–Crippen LogP) is 7.22. The number of halogens is 3. The number of thiazole rings is 1. The first-order valence-corrected chi connectivity index (χ1v) is 17.3. The van der Waals surface area contributed by atoms with Crippen molar-refractivity contribution in [1.29, 1.82) is 0 Å². The van der Waals surface area contributed by atoms with Crippen LogP contribution in [0.5, 0.6) is 0 Å². The number of benzene rings is 2. The first-order chi connectivity index (χ1) is 23.7. The van der Waals surface area contributed by atoms with Gasteiger partial charge >= 0.3 is 12.1 Å². The molecule has 0 unspecified atom stereocenters. The van der Waals surface area contributed by atoms with E-state index in [1.807, 2.05) is 47.8 Å². The van der Waals surface area contributed by atoms with Crippen molar-refractivity contribution in [2.75, 3.05) is 6.61 Å². The summed E-state index contributed by atoms with van der Waals surface area (Å²) >= 11 is 3.37. The van der Waals surface area contributed by atoms with Gasteiger partial charge in [0.2, 0.25) is 0 Å². The number of carbonyl (C=O) groups excluding carboxylic acids is 1. The van der Waals surface area contributed by atoms with Gasteiger partial charge in [-0.1, -0.05) is 78.1 Å². The summed E-state index contributed by atoms with van der Waals surface area (Å²) in [5.41, 5.74) is 0.528. The van der Waals surface area contributed by atoms with Crippen molar-refractivity contribution >= 4 is 52.2 Å². The molecule has 1 aliphatic heterocycles. The fourth-order valence-corrected chi connectivity index (χ4v) is 7.76. The second-order valence-electron chi connectivity index (χ2n) is 10.5. The van der Waals surface area contributed by atoms with Gasteiger partial charge in [0.25, 0.3) is 5.56 Å². The van der Waals surface area contributed by atoms with Crippen molar-refractivity contribution in [3.63, 3.8) is 0 Å². The van der Waals surface area contributed by atoms with Crippen molar-refractivity contribution in [2.45, 2.75) is 29.4 Å². The van der Waals surface area contributed by atoms with Gasteiger partial charge in [-0.15, -0.1) is 11.3 Å². The summed E-state index contributed by atoms with van der Waals surface area (Å²) < 4.78 is 54.4. The van der Waals surface area contributed by atoms with Crippen molar-refractivity contribution < 1.29 is 27.1 Å². The summed E-state index contributed by atoms with van der Waals surface area (Å²) in [7, 11) is 0. The zero-order valence-electron chi connectivity index (χ0n) is 25.4. The number of carbonyl (C=O) groups is 1. The lowest BCUT2D eigenvalue weighted by atomic mass is 9.97. The summed E-state index contributed by atoms with van der Waals surface area (Å²) in [6.45, 7) is 1.86. The van der Waals surface area contributed by atoms with E-state index in [0.29, 0.717) is 21.6 Å². The van der Waals surface area contributed by atoms with E-state index < -0.39 is 29.4 Å². The van der Waals surface area contributed by atoms with Crippen LogP contribution in [-0.4, -0.2) is 27.1 Å². The highest BCUT2D eigenvalue weighted by atomic mass is 32.2. The molecule has 0 N–H and O–H groups in total. The Labute approximate surface area is 288 Å². The molecule has 0 saturated heterocycles. The second kappa shape index (κ2) is 13.5. The molecule has 6 aromatic rings. The molecular formula is C35H23F3N4O4S3. The molecule has 0 bridgehead atoms. The third-order valence-electron chi connectivity index (χ3n) is 7.32. The largest absolute Gasteiger partial charge is 0.463 e. The Hall–Kier alpha value is -5.05. The van der Waals surface area contributed by atoms with Crippen LogP contribution in [0.4, 0.5) is 13.2 Å². The van der Waals surface area contributed by atoms with Gasteiger partial charge in [0.1, 0.15) is 17.5 Å². The summed E-state index contributed by atoms with van der Waals surface area (Å²) in [4.78, 5) is 41.5. The fourth-order valence-electron chi connectivity index (χ4n) is 5.22. The normalized spacial score (nSPS) is 14.9. The van der Waals surface area contributed by atoms with Crippen LogP contribution in [0.2, 0.25) is 0 Å². The van der Waals surface area contributed by atoms with Gasteiger partial charge in [-0.2, -0.15) is 13.2 Å². The Balaban J connectivity index is 1.29. The van der Waals surface area contributed by atoms with Gasteiger partial charge in [-0.05, 0) is 48.3 Å². The Morgan fingerprint density at radius 3 is 2.41 bits per heavy atom. The Kier molecular flexibility index (Phi) is 8.92. The first kappa shape index (κ1) is 32.5. The maximum atomic E-state index is 14.0. The Morgan fingerprint density at radius 1 is 1.00 bits per heavy atom. The van der Waals surface area contributed by atoms with Crippen LogP contribution in [0, 0.1) is 0 Å². The molecule has 0 fully saturated rings. The van der Waals surface area contributed by atoms with Gasteiger partial charge in [-0.3, -0.25) is 9.36 Å². The fraction of sp³-hybridized carbons (Fsp3) is 0.114. The zero-order valence-corrected chi connectivity index (χ0v) is 27.8. The van der Waals surface area contributed by atoms with Crippen LogP contribution in [0.25, 0.3) is 23.0 Å². The standard InChI is InChI=1S/C35H23F3N4O4S3/c1-2-45-32(44)28-29(21-12-7-4-8-13-21)41-34-42(30(28)24-14-9-17-47-24)31(43)25(48-34)18-22-15-16-27(46-22)49-33-39-23(20-10-5-3-6-11-20)19-26(40-33)35(36,37)38/h3-19,30H,2H2,1H3/b25-18+/t30-/m0/s1. The van der Waals surface area contributed by atoms with Crippen molar-refractivity contribution in [1.82, 2.24) is 14.5 Å². The number of nitrogens with zero attached hydrogens (tertiary/aromatic N) is 4. The SMILES string of the molecule is CCOC(=O)C1=C(c2ccccc2)N=c2s/c(=C/c3ccc(Sc4nc(-c5ccccc5)cc(C(F)(F)F)n4)o3)c(=O)n2[C@H]1c1cccs1. The van der Waals surface area contributed by atoms with Crippen LogP contribution >= 0.6 is 34.4 Å². The van der Waals surface area contributed by atoms with E-state index in [2.05, 4.69) is 9.97 Å². The van der Waals surface area contributed by atoms with Gasteiger partial charge < -0.3 is 9.15 Å². The zero-order chi connectivity index (χ0) is 34.1. The highest BCUT2D eigenvalue weighted by Gasteiger charge is 2.36. The van der Waals surface area contributed by atoms with Gasteiger partial charge in [0.15, 0.2) is 15.1 Å². The molecular weight excluding hydrogens is 694 g/mol. The lowest BCUT2D eigenvalue weighted by molar-refractivity contribution is -0.141. The molecule has 0 saturated carbocycles. The molecule has 5 heterocycles. The van der Waals surface area contributed by atoms with E-state index in [4.69, 9.17) is 14.1 Å². The number of aromatic nitrogens is 3. The summed E-state index contributed by atoms with van der Waals surface area (Å²) in [6.07, 6.45) is -3.14. The average molecular weight is 717 g/mol. The van der Waals surface area contributed by atoms with E-state index in [9.17, 15) is 22.8 Å². The van der Waals surface area contributed by atoms with E-state index in [1.54, 1.807) is 49.4 Å². The number of alkyl halides is 3. The minimum atomic E-state index is -4.68. The summed E-state index contributed by atoms with van der Waals surface area (Å²) in [5.74, 6) is -0.290. The van der Waals surface area contributed by atoms with Crippen LogP contribution in [-0.2, 0) is 15.7 Å². The molecule has 1 aliphatic rings. The molecule has 4 aromatic heterocycles. The quantitative estimate of drug-likeness (QED) is 0.121. The van der Waals surface area contributed by atoms with Crippen LogP contribution in [0.1, 0.15) is 34.9 Å². The molecule has 14 heteroatoms. The number of furan rings is 1. The van der Waals surface area contributed by atoms with E-state index >= 15 is 0 Å². The van der Waals surface area contributed by atoms with Gasteiger partial charge in [-0.25, -0.2) is 19.8 Å². The molecule has 2 aromatic carbocycles. The third-order valence-corrected chi connectivity index (χ3v) is 10.0. The van der Waals surface area contributed by atoms with E-state index in [-0.39, 0.29) is 38.4 Å². The molecule has 8 nitrogen and oxygen atoms in total. The smallest absolute Gasteiger partial charge is 0.433 e. The van der Waals surface area contributed by atoms with Crippen LogP contribution in [0.3, 0.4) is 0 Å². The van der Waals surface area contributed by atoms with Crippen molar-refractivity contribution in [3.8, 4) is 11.3 Å². The van der Waals surface area contributed by atoms with Crippen LogP contribution in [0.15, 0.2) is 126 Å². The molecule has 0 radical (unpaired) electrons.